The van der Waals surface area contributed by atoms with Crippen molar-refractivity contribution in [3.05, 3.63) is 23.9 Å². The molecule has 2 saturated heterocycles. The van der Waals surface area contributed by atoms with Gasteiger partial charge in [0.1, 0.15) is 42.9 Å². The van der Waals surface area contributed by atoms with Crippen LogP contribution >= 0.6 is 0 Å². The Morgan fingerprint density at radius 3 is 2.85 bits per heavy atom. The van der Waals surface area contributed by atoms with Crippen molar-refractivity contribution >= 4 is 23.5 Å². The van der Waals surface area contributed by atoms with Crippen molar-refractivity contribution in [2.45, 2.75) is 37.9 Å². The lowest BCUT2D eigenvalue weighted by molar-refractivity contribution is -0.119. The van der Waals surface area contributed by atoms with Crippen molar-refractivity contribution in [2.75, 3.05) is 29.6 Å². The lowest BCUT2D eigenvalue weighted by Crippen LogP contribution is -2.40. The number of imidazole rings is 1. The summed E-state index contributed by atoms with van der Waals surface area (Å²) in [5.41, 5.74) is 6.81. The van der Waals surface area contributed by atoms with Gasteiger partial charge in [0.15, 0.2) is 11.5 Å². The summed E-state index contributed by atoms with van der Waals surface area (Å²) in [6.07, 6.45) is -2.32. The topological polar surface area (TPSA) is 127 Å². The van der Waals surface area contributed by atoms with Crippen LogP contribution in [0.1, 0.15) is 18.5 Å². The van der Waals surface area contributed by atoms with Gasteiger partial charge in [-0.3, -0.25) is 4.79 Å². The minimum Gasteiger partial charge on any atom is -0.491 e. The Balaban J connectivity index is 1.58. The number of amides is 2. The van der Waals surface area contributed by atoms with Crippen LogP contribution in [-0.4, -0.2) is 59.8 Å². The number of carbonyl (C=O) groups excluding carboxylic acids is 2. The van der Waals surface area contributed by atoms with E-state index in [1.54, 1.807) is 22.8 Å². The fourth-order valence-corrected chi connectivity index (χ4v) is 4.62. The van der Waals surface area contributed by atoms with Crippen LogP contribution in [0.15, 0.2) is 18.2 Å². The number of nitriles is 1. The van der Waals surface area contributed by atoms with Gasteiger partial charge in [0, 0.05) is 18.3 Å². The number of primary amides is 1. The predicted molar refractivity (Wildman–Crippen MR) is 111 cm³/mol. The van der Waals surface area contributed by atoms with Crippen molar-refractivity contribution in [2.24, 2.45) is 5.73 Å². The standard InChI is InChI=1S/C21H20F2N6O4/c22-17(23)15-10-33-21(31)29(15)20-14(9-24)28-6-7-32-16-8-11(3-4-12(16)19(28)26-20)27-5-1-2-13(27)18(25)30/h3-4,8,13,15,17H,1-2,5-7,10H2,(H2,25,30)/t13-,15?/m0/s1. The fraction of sp³-hybridized carbons (Fsp3) is 0.429. The van der Waals surface area contributed by atoms with Crippen molar-refractivity contribution in [3.63, 3.8) is 0 Å². The van der Waals surface area contributed by atoms with Crippen LogP contribution in [0.5, 0.6) is 5.75 Å². The smallest absolute Gasteiger partial charge is 0.416 e. The number of fused-ring (bicyclic) bond motifs is 3. The number of cyclic esters (lactones) is 1. The molecule has 3 aliphatic heterocycles. The number of ether oxygens (including phenoxy) is 2. The molecule has 0 bridgehead atoms. The number of aromatic nitrogens is 2. The minimum atomic E-state index is -2.86. The lowest BCUT2D eigenvalue weighted by Gasteiger charge is -2.25. The highest BCUT2D eigenvalue weighted by molar-refractivity contribution is 5.91. The molecule has 1 unspecified atom stereocenters. The van der Waals surface area contributed by atoms with E-state index in [0.29, 0.717) is 30.1 Å². The Hall–Kier alpha value is -3.88. The van der Waals surface area contributed by atoms with Gasteiger partial charge in [-0.15, -0.1) is 0 Å². The SMILES string of the molecule is N#Cc1c(N2C(=O)OCC2C(F)F)nc2n1CCOc1cc(N3CCC[C@H]3C(N)=O)ccc1-2. The van der Waals surface area contributed by atoms with Gasteiger partial charge in [0.25, 0.3) is 6.43 Å². The van der Waals surface area contributed by atoms with Gasteiger partial charge in [-0.1, -0.05) is 0 Å². The van der Waals surface area contributed by atoms with E-state index in [2.05, 4.69) is 4.98 Å². The number of nitrogens with two attached hydrogens (primary N) is 1. The van der Waals surface area contributed by atoms with Crippen molar-refractivity contribution < 1.29 is 27.8 Å². The number of hydrogen-bond donors (Lipinski definition) is 1. The highest BCUT2D eigenvalue weighted by Crippen LogP contribution is 2.40. The summed E-state index contributed by atoms with van der Waals surface area (Å²) < 4.78 is 39.3. The maximum absolute atomic E-state index is 13.5. The third kappa shape index (κ3) is 3.31. The number of halogens is 2. The Bertz CT molecular complexity index is 1180. The molecule has 3 aliphatic rings. The maximum Gasteiger partial charge on any atom is 0.416 e. The normalized spacial score (nSPS) is 21.8. The molecule has 2 N–H and O–H groups in total. The highest BCUT2D eigenvalue weighted by atomic mass is 19.3. The zero-order valence-corrected chi connectivity index (χ0v) is 17.4. The number of nitrogens with zero attached hydrogens (tertiary/aromatic N) is 5. The maximum atomic E-state index is 13.5. The predicted octanol–water partition coefficient (Wildman–Crippen LogP) is 1.86. The minimum absolute atomic E-state index is 0.0247. The number of rotatable bonds is 4. The highest BCUT2D eigenvalue weighted by Gasteiger charge is 2.44. The van der Waals surface area contributed by atoms with Gasteiger partial charge in [0.2, 0.25) is 5.91 Å². The van der Waals surface area contributed by atoms with Gasteiger partial charge in [-0.2, -0.15) is 5.26 Å². The van der Waals surface area contributed by atoms with Crippen molar-refractivity contribution in [1.29, 1.82) is 5.26 Å². The summed E-state index contributed by atoms with van der Waals surface area (Å²) in [5.74, 6) is 0.233. The molecule has 2 atom stereocenters. The first-order chi connectivity index (χ1) is 15.9. The van der Waals surface area contributed by atoms with E-state index in [1.165, 1.54) is 0 Å². The summed E-state index contributed by atoms with van der Waals surface area (Å²) in [6, 6.07) is 5.37. The van der Waals surface area contributed by atoms with Gasteiger partial charge in [-0.25, -0.2) is 23.5 Å². The van der Waals surface area contributed by atoms with Crippen LogP contribution in [-0.2, 0) is 16.1 Å². The van der Waals surface area contributed by atoms with Gasteiger partial charge in [-0.05, 0) is 25.0 Å². The summed E-state index contributed by atoms with van der Waals surface area (Å²) in [6.45, 7) is 0.611. The Labute approximate surface area is 187 Å². The zero-order valence-electron chi connectivity index (χ0n) is 17.4. The first kappa shape index (κ1) is 21.0. The summed E-state index contributed by atoms with van der Waals surface area (Å²) in [5, 5.41) is 9.78. The third-order valence-electron chi connectivity index (χ3n) is 6.17. The average molecular weight is 458 g/mol. The Kier molecular flexibility index (Phi) is 5.03. The van der Waals surface area contributed by atoms with Crippen molar-refractivity contribution in [1.82, 2.24) is 9.55 Å². The molecule has 2 fully saturated rings. The number of alkyl halides is 2. The Morgan fingerprint density at radius 1 is 1.30 bits per heavy atom. The molecule has 33 heavy (non-hydrogen) atoms. The molecule has 0 aliphatic carbocycles. The van der Waals surface area contributed by atoms with Crippen LogP contribution in [0, 0.1) is 11.3 Å². The van der Waals surface area contributed by atoms with Crippen LogP contribution in [0.2, 0.25) is 0 Å². The van der Waals surface area contributed by atoms with Crippen molar-refractivity contribution in [3.8, 4) is 23.2 Å². The summed E-state index contributed by atoms with van der Waals surface area (Å²) in [7, 11) is 0. The van der Waals surface area contributed by atoms with E-state index >= 15 is 0 Å². The van der Waals surface area contributed by atoms with E-state index in [4.69, 9.17) is 15.2 Å². The average Bonchev–Trinajstić information content (AvgIpc) is 3.48. The molecular weight excluding hydrogens is 438 g/mol. The first-order valence-electron chi connectivity index (χ1n) is 10.5. The molecule has 172 valence electrons. The van der Waals surface area contributed by atoms with E-state index in [-0.39, 0.29) is 24.7 Å². The molecule has 0 spiro atoms. The van der Waals surface area contributed by atoms with E-state index in [9.17, 15) is 23.6 Å². The van der Waals surface area contributed by atoms with Gasteiger partial charge in [0.05, 0.1) is 12.1 Å². The molecule has 12 heteroatoms. The molecule has 4 heterocycles. The molecule has 5 rings (SSSR count). The number of hydrogen-bond acceptors (Lipinski definition) is 7. The first-order valence-corrected chi connectivity index (χ1v) is 10.5. The lowest BCUT2D eigenvalue weighted by atomic mass is 10.1. The van der Waals surface area contributed by atoms with Gasteiger partial charge >= 0.3 is 6.09 Å². The summed E-state index contributed by atoms with van der Waals surface area (Å²) in [4.78, 5) is 31.1. The molecule has 2 amide bonds. The number of benzene rings is 1. The molecular formula is C21H20F2N6O4. The van der Waals surface area contributed by atoms with Crippen LogP contribution < -0.4 is 20.3 Å². The van der Waals surface area contributed by atoms with Crippen LogP contribution in [0.4, 0.5) is 25.1 Å². The second-order valence-electron chi connectivity index (χ2n) is 8.00. The fourth-order valence-electron chi connectivity index (χ4n) is 4.62. The quantitative estimate of drug-likeness (QED) is 0.741. The second-order valence-corrected chi connectivity index (χ2v) is 8.00. The molecule has 0 radical (unpaired) electrons. The second kappa shape index (κ2) is 7.91. The summed E-state index contributed by atoms with van der Waals surface area (Å²) >= 11 is 0. The van der Waals surface area contributed by atoms with Crippen LogP contribution in [0.25, 0.3) is 11.4 Å². The molecule has 2 aromatic rings. The molecule has 1 aromatic carbocycles. The van der Waals surface area contributed by atoms with Gasteiger partial charge < -0.3 is 24.7 Å². The largest absolute Gasteiger partial charge is 0.491 e. The molecule has 1 aromatic heterocycles. The van der Waals surface area contributed by atoms with Crippen LogP contribution in [0.3, 0.4) is 0 Å². The van der Waals surface area contributed by atoms with E-state index in [0.717, 1.165) is 17.0 Å². The van der Waals surface area contributed by atoms with E-state index < -0.39 is 37.1 Å². The number of carbonyl (C=O) groups is 2. The molecule has 10 nitrogen and oxygen atoms in total. The number of anilines is 2. The monoisotopic (exact) mass is 458 g/mol. The van der Waals surface area contributed by atoms with E-state index in [1.807, 2.05) is 11.0 Å². The third-order valence-corrected chi connectivity index (χ3v) is 6.17. The zero-order chi connectivity index (χ0) is 23.3. The molecule has 0 saturated carbocycles. The Morgan fingerprint density at radius 2 is 2.12 bits per heavy atom.